The third-order valence-corrected chi connectivity index (χ3v) is 3.24. The first-order valence-electron chi connectivity index (χ1n) is 7.27. The molecule has 1 heterocycles. The van der Waals surface area contributed by atoms with E-state index < -0.39 is 0 Å². The predicted octanol–water partition coefficient (Wildman–Crippen LogP) is -0.964. The highest BCUT2D eigenvalue weighted by Crippen LogP contribution is 2.00. The van der Waals surface area contributed by atoms with Gasteiger partial charge in [0.1, 0.15) is 6.61 Å². The summed E-state index contributed by atoms with van der Waals surface area (Å²) in [6.07, 6.45) is 6.95. The minimum absolute atomic E-state index is 0. The van der Waals surface area contributed by atoms with Crippen molar-refractivity contribution >= 4 is 12.4 Å². The van der Waals surface area contributed by atoms with Crippen LogP contribution in [0.4, 0.5) is 0 Å². The third kappa shape index (κ3) is 4.62. The number of aromatic nitrogens is 2. The van der Waals surface area contributed by atoms with Crippen LogP contribution in [-0.4, -0.2) is 22.2 Å². The normalized spacial score (nSPS) is 11.0. The number of benzene rings is 2. The highest BCUT2D eigenvalue weighted by molar-refractivity contribution is 5.79. The second-order valence-electron chi connectivity index (χ2n) is 4.93. The minimum atomic E-state index is -0.111. The molecule has 0 atom stereocenters. The molecule has 0 saturated heterocycles. The van der Waals surface area contributed by atoms with Gasteiger partial charge in [-0.2, -0.15) is 0 Å². The molecule has 0 aliphatic heterocycles. The van der Waals surface area contributed by atoms with Gasteiger partial charge in [0.2, 0.25) is 0 Å². The first-order valence-corrected chi connectivity index (χ1v) is 7.27. The van der Waals surface area contributed by atoms with Crippen molar-refractivity contribution in [2.45, 2.75) is 6.61 Å². The van der Waals surface area contributed by atoms with Gasteiger partial charge in [0.05, 0.1) is 12.4 Å². The van der Waals surface area contributed by atoms with Crippen molar-refractivity contribution in [3.63, 3.8) is 0 Å². The molecule has 0 amide bonds. The summed E-state index contributed by atoms with van der Waals surface area (Å²) in [5.41, 5.74) is 2.65. The molecule has 0 aliphatic carbocycles. The molecule has 24 heavy (non-hydrogen) atoms. The highest BCUT2D eigenvalue weighted by Gasteiger charge is 2.11. The number of nitrogens with zero attached hydrogens (tertiary/aromatic N) is 4. The first kappa shape index (κ1) is 17.6. The lowest BCUT2D eigenvalue weighted by Gasteiger charge is -1.90. The number of halogens is 1. The van der Waals surface area contributed by atoms with Crippen LogP contribution in [0.3, 0.4) is 0 Å². The maximum absolute atomic E-state index is 9.45. The van der Waals surface area contributed by atoms with E-state index in [1.807, 2.05) is 60.7 Å². The molecule has 1 aromatic heterocycles. The van der Waals surface area contributed by atoms with Gasteiger partial charge >= 0.3 is 0 Å². The highest BCUT2D eigenvalue weighted by atomic mass is 35.5. The smallest absolute Gasteiger partial charge is 0.295 e. The van der Waals surface area contributed by atoms with E-state index in [0.29, 0.717) is 5.69 Å². The van der Waals surface area contributed by atoms with Gasteiger partial charge in [0, 0.05) is 0 Å². The Balaban J connectivity index is 0.00000208. The van der Waals surface area contributed by atoms with Crippen molar-refractivity contribution in [1.29, 1.82) is 0 Å². The van der Waals surface area contributed by atoms with Crippen LogP contribution in [0.5, 0.6) is 0 Å². The SMILES string of the molecule is OCc1c[n+](/N=C/c2ccccc2)cn1/N=C/c1ccccc1.[Cl-]. The fourth-order valence-corrected chi connectivity index (χ4v) is 2.05. The third-order valence-electron chi connectivity index (χ3n) is 3.24. The fraction of sp³-hybridized carbons (Fsp3) is 0.0556. The lowest BCUT2D eigenvalue weighted by atomic mass is 10.2. The molecule has 0 fully saturated rings. The average molecular weight is 341 g/mol. The number of rotatable bonds is 5. The van der Waals surface area contributed by atoms with E-state index in [4.69, 9.17) is 0 Å². The topological polar surface area (TPSA) is 53.8 Å². The fourth-order valence-electron chi connectivity index (χ4n) is 2.05. The second kappa shape index (κ2) is 8.76. The summed E-state index contributed by atoms with van der Waals surface area (Å²) in [5, 5.41) is 18.2. The summed E-state index contributed by atoms with van der Waals surface area (Å²) in [4.78, 5) is 0. The number of hydrogen-bond acceptors (Lipinski definition) is 3. The van der Waals surface area contributed by atoms with Crippen LogP contribution in [0.25, 0.3) is 0 Å². The van der Waals surface area contributed by atoms with Crippen LogP contribution < -0.4 is 17.1 Å². The Morgan fingerprint density at radius 3 is 2.08 bits per heavy atom. The Hall–Kier alpha value is -2.76. The summed E-state index contributed by atoms with van der Waals surface area (Å²) in [5.74, 6) is 0. The van der Waals surface area contributed by atoms with Crippen LogP contribution in [0.15, 0.2) is 83.4 Å². The largest absolute Gasteiger partial charge is 1.00 e. The Morgan fingerprint density at radius 1 is 0.917 bits per heavy atom. The van der Waals surface area contributed by atoms with E-state index in [2.05, 4.69) is 10.2 Å². The molecular formula is C18H17ClN4O. The van der Waals surface area contributed by atoms with Crippen molar-refractivity contribution in [3.05, 3.63) is 90.0 Å². The van der Waals surface area contributed by atoms with E-state index in [1.165, 1.54) is 0 Å². The standard InChI is InChI=1S/C18H17N4O.ClH/c23-14-18-13-21(19-11-16-7-3-1-4-8-16)15-22(18)20-12-17-9-5-2-6-10-17;/h1-13,15,23H,14H2;1H/q+1;/p-1/b19-11+,20-12+;. The molecule has 5 nitrogen and oxygen atoms in total. The van der Waals surface area contributed by atoms with E-state index in [1.54, 1.807) is 34.3 Å². The molecule has 0 bridgehead atoms. The number of aliphatic hydroxyl groups is 1. The van der Waals surface area contributed by atoms with Crippen molar-refractivity contribution in [2.24, 2.45) is 10.2 Å². The van der Waals surface area contributed by atoms with Crippen LogP contribution in [0.1, 0.15) is 16.8 Å². The summed E-state index contributed by atoms with van der Waals surface area (Å²) >= 11 is 0. The molecule has 0 radical (unpaired) electrons. The van der Waals surface area contributed by atoms with Gasteiger partial charge < -0.3 is 17.5 Å². The molecular weight excluding hydrogens is 324 g/mol. The Labute approximate surface area is 146 Å². The molecule has 3 aromatic rings. The van der Waals surface area contributed by atoms with Crippen molar-refractivity contribution in [3.8, 4) is 0 Å². The maximum atomic E-state index is 9.45. The monoisotopic (exact) mass is 340 g/mol. The Kier molecular flexibility index (Phi) is 6.42. The van der Waals surface area contributed by atoms with E-state index in [9.17, 15) is 5.11 Å². The molecule has 0 saturated carbocycles. The molecule has 1 N–H and O–H groups in total. The lowest BCUT2D eigenvalue weighted by molar-refractivity contribution is -0.677. The predicted molar refractivity (Wildman–Crippen MR) is 89.4 cm³/mol. The van der Waals surface area contributed by atoms with Gasteiger partial charge in [0.25, 0.3) is 6.33 Å². The van der Waals surface area contributed by atoms with Gasteiger partial charge in [-0.25, -0.2) is 0 Å². The molecule has 0 aliphatic rings. The lowest BCUT2D eigenvalue weighted by Crippen LogP contribution is -3.00. The van der Waals surface area contributed by atoms with Gasteiger partial charge in [0.15, 0.2) is 11.9 Å². The van der Waals surface area contributed by atoms with Crippen molar-refractivity contribution in [1.82, 2.24) is 4.68 Å². The van der Waals surface area contributed by atoms with Crippen molar-refractivity contribution in [2.75, 3.05) is 0 Å². The molecule has 6 heteroatoms. The van der Waals surface area contributed by atoms with E-state index in [-0.39, 0.29) is 19.0 Å². The van der Waals surface area contributed by atoms with Crippen LogP contribution in [0, 0.1) is 0 Å². The number of imidazole rings is 1. The first-order chi connectivity index (χ1) is 11.3. The van der Waals surface area contributed by atoms with Crippen LogP contribution in [0.2, 0.25) is 0 Å². The zero-order valence-electron chi connectivity index (χ0n) is 12.9. The zero-order chi connectivity index (χ0) is 15.9. The summed E-state index contributed by atoms with van der Waals surface area (Å²) < 4.78 is 3.23. The summed E-state index contributed by atoms with van der Waals surface area (Å²) in [6, 6.07) is 19.6. The minimum Gasteiger partial charge on any atom is -1.00 e. The molecule has 122 valence electrons. The van der Waals surface area contributed by atoms with Crippen LogP contribution >= 0.6 is 0 Å². The molecule has 2 aromatic carbocycles. The average Bonchev–Trinajstić information content (AvgIpc) is 3.02. The quantitative estimate of drug-likeness (QED) is 0.472. The van der Waals surface area contributed by atoms with Gasteiger partial charge in [-0.3, -0.25) is 0 Å². The molecule has 3 rings (SSSR count). The van der Waals surface area contributed by atoms with Gasteiger partial charge in [-0.15, -0.1) is 9.35 Å². The van der Waals surface area contributed by atoms with E-state index in [0.717, 1.165) is 11.1 Å². The van der Waals surface area contributed by atoms with E-state index >= 15 is 0 Å². The Bertz CT molecular complexity index is 814. The van der Waals surface area contributed by atoms with Gasteiger partial charge in [-0.05, 0) is 11.1 Å². The second-order valence-corrected chi connectivity index (χ2v) is 4.93. The summed E-state index contributed by atoms with van der Waals surface area (Å²) in [6.45, 7) is -0.111. The number of aliphatic hydroxyl groups excluding tert-OH is 1. The molecule has 0 spiro atoms. The number of hydrogen-bond donors (Lipinski definition) is 1. The maximum Gasteiger partial charge on any atom is 0.295 e. The zero-order valence-corrected chi connectivity index (χ0v) is 13.7. The van der Waals surface area contributed by atoms with Gasteiger partial charge in [-0.1, -0.05) is 70.9 Å². The Morgan fingerprint density at radius 2 is 1.50 bits per heavy atom. The van der Waals surface area contributed by atoms with Crippen molar-refractivity contribution < 1.29 is 22.2 Å². The molecule has 0 unspecified atom stereocenters. The van der Waals surface area contributed by atoms with Crippen LogP contribution in [-0.2, 0) is 6.61 Å². The summed E-state index contributed by atoms with van der Waals surface area (Å²) in [7, 11) is 0.